The molecule has 0 aromatic heterocycles. The number of ether oxygens (including phenoxy) is 2. The predicted octanol–water partition coefficient (Wildman–Crippen LogP) is 9.63. The van der Waals surface area contributed by atoms with Crippen molar-refractivity contribution < 1.29 is 9.47 Å². The maximum Gasteiger partial charge on any atom is 0.106 e. The summed E-state index contributed by atoms with van der Waals surface area (Å²) in [5.74, 6) is 1.73. The molecule has 2 nitrogen and oxygen atoms in total. The SMILES string of the molecule is CCCCCC[C@@H]1CO[C@@H](c2ccc(-c3ccc([C@H]4CC[C@H](CCCCC)CC4)cc3)cc2)CO1. The molecule has 2 aromatic rings. The largest absolute Gasteiger partial charge is 0.373 e. The van der Waals surface area contributed by atoms with Gasteiger partial charge in [0.15, 0.2) is 0 Å². The van der Waals surface area contributed by atoms with E-state index in [9.17, 15) is 0 Å². The van der Waals surface area contributed by atoms with E-state index in [1.54, 1.807) is 0 Å². The minimum absolute atomic E-state index is 0.0652. The van der Waals surface area contributed by atoms with Gasteiger partial charge in [-0.2, -0.15) is 0 Å². The molecule has 0 bridgehead atoms. The average molecular weight is 477 g/mol. The number of rotatable bonds is 12. The number of benzene rings is 2. The topological polar surface area (TPSA) is 18.5 Å². The Hall–Kier alpha value is -1.64. The molecule has 0 radical (unpaired) electrons. The van der Waals surface area contributed by atoms with Gasteiger partial charge < -0.3 is 9.47 Å². The van der Waals surface area contributed by atoms with Crippen LogP contribution in [0, 0.1) is 5.92 Å². The van der Waals surface area contributed by atoms with Crippen LogP contribution in [0.1, 0.15) is 120 Å². The zero-order chi connectivity index (χ0) is 24.3. The summed E-state index contributed by atoms with van der Waals surface area (Å²) in [6.45, 7) is 5.96. The maximum absolute atomic E-state index is 6.17. The molecule has 192 valence electrons. The van der Waals surface area contributed by atoms with Crippen molar-refractivity contribution in [1.29, 1.82) is 0 Å². The highest BCUT2D eigenvalue weighted by Gasteiger charge is 2.24. The Morgan fingerprint density at radius 1 is 0.600 bits per heavy atom. The van der Waals surface area contributed by atoms with Crippen LogP contribution in [0.4, 0.5) is 0 Å². The Morgan fingerprint density at radius 3 is 1.80 bits per heavy atom. The standard InChI is InChI=1S/C33H48O2/c1-3-5-7-9-11-32-24-35-33(25-34-32)31-22-20-30(21-23-31)29-18-16-28(17-19-29)27-14-12-26(13-15-27)10-8-6-4-2/h16-23,26-27,32-33H,3-15,24-25H2,1-2H3/t26-,27-,32-,33-/m1/s1. The zero-order valence-corrected chi connectivity index (χ0v) is 22.4. The molecule has 0 unspecified atom stereocenters. The van der Waals surface area contributed by atoms with E-state index in [0.29, 0.717) is 6.61 Å². The number of hydrogen-bond acceptors (Lipinski definition) is 2. The summed E-state index contributed by atoms with van der Waals surface area (Å²) in [7, 11) is 0. The Morgan fingerprint density at radius 2 is 1.20 bits per heavy atom. The fourth-order valence-electron chi connectivity index (χ4n) is 6.01. The first-order chi connectivity index (χ1) is 17.3. The molecule has 4 rings (SSSR count). The quantitative estimate of drug-likeness (QED) is 0.284. The van der Waals surface area contributed by atoms with E-state index >= 15 is 0 Å². The third-order valence-corrected chi connectivity index (χ3v) is 8.41. The van der Waals surface area contributed by atoms with E-state index in [2.05, 4.69) is 62.4 Å². The van der Waals surface area contributed by atoms with Crippen molar-refractivity contribution >= 4 is 0 Å². The van der Waals surface area contributed by atoms with Gasteiger partial charge in [0.25, 0.3) is 0 Å². The van der Waals surface area contributed by atoms with Crippen molar-refractivity contribution in [1.82, 2.24) is 0 Å². The first-order valence-electron chi connectivity index (χ1n) is 14.7. The summed E-state index contributed by atoms with van der Waals surface area (Å²) in [5, 5.41) is 0. The molecule has 0 amide bonds. The highest BCUT2D eigenvalue weighted by Crippen LogP contribution is 2.38. The van der Waals surface area contributed by atoms with Gasteiger partial charge in [0, 0.05) is 0 Å². The third-order valence-electron chi connectivity index (χ3n) is 8.41. The second-order valence-corrected chi connectivity index (χ2v) is 11.1. The van der Waals surface area contributed by atoms with E-state index in [4.69, 9.17) is 9.47 Å². The van der Waals surface area contributed by atoms with Crippen LogP contribution >= 0.6 is 0 Å². The average Bonchev–Trinajstić information content (AvgIpc) is 2.92. The molecule has 1 saturated carbocycles. The van der Waals surface area contributed by atoms with Crippen LogP contribution in [0.5, 0.6) is 0 Å². The lowest BCUT2D eigenvalue weighted by atomic mass is 9.77. The van der Waals surface area contributed by atoms with Gasteiger partial charge in [-0.05, 0) is 66.2 Å². The van der Waals surface area contributed by atoms with Crippen LogP contribution in [-0.2, 0) is 9.47 Å². The third kappa shape index (κ3) is 7.92. The fraction of sp³-hybridized carbons (Fsp3) is 0.636. The Bertz CT molecular complexity index is 824. The van der Waals surface area contributed by atoms with E-state index in [-0.39, 0.29) is 12.2 Å². The maximum atomic E-state index is 6.17. The Kier molecular flexibility index (Phi) is 10.7. The van der Waals surface area contributed by atoms with Gasteiger partial charge in [0.2, 0.25) is 0 Å². The minimum atomic E-state index is 0.0652. The van der Waals surface area contributed by atoms with Gasteiger partial charge in [-0.3, -0.25) is 0 Å². The summed E-state index contributed by atoms with van der Waals surface area (Å²) in [6, 6.07) is 18.3. The predicted molar refractivity (Wildman–Crippen MR) is 148 cm³/mol. The van der Waals surface area contributed by atoms with Crippen LogP contribution in [0.25, 0.3) is 11.1 Å². The fourth-order valence-corrected chi connectivity index (χ4v) is 6.01. The summed E-state index contributed by atoms with van der Waals surface area (Å²) in [6.07, 6.45) is 17.8. The van der Waals surface area contributed by atoms with Crippen LogP contribution in [0.3, 0.4) is 0 Å². The van der Waals surface area contributed by atoms with Crippen LogP contribution in [0.2, 0.25) is 0 Å². The number of hydrogen-bond donors (Lipinski definition) is 0. The van der Waals surface area contributed by atoms with Crippen LogP contribution in [0.15, 0.2) is 48.5 Å². The van der Waals surface area contributed by atoms with Crippen molar-refractivity contribution in [2.45, 2.75) is 115 Å². The Labute approximate surface area is 214 Å². The summed E-state index contributed by atoms with van der Waals surface area (Å²) < 4.78 is 12.3. The first kappa shape index (κ1) is 26.4. The number of unbranched alkanes of at least 4 members (excludes halogenated alkanes) is 5. The van der Waals surface area contributed by atoms with Gasteiger partial charge in [0.1, 0.15) is 6.10 Å². The summed E-state index contributed by atoms with van der Waals surface area (Å²) in [4.78, 5) is 0. The molecule has 2 aromatic carbocycles. The van der Waals surface area contributed by atoms with Crippen molar-refractivity contribution in [3.05, 3.63) is 59.7 Å². The smallest absolute Gasteiger partial charge is 0.106 e. The molecular formula is C33H48O2. The molecule has 1 saturated heterocycles. The van der Waals surface area contributed by atoms with Crippen LogP contribution in [-0.4, -0.2) is 19.3 Å². The highest BCUT2D eigenvalue weighted by atomic mass is 16.6. The molecule has 1 heterocycles. The van der Waals surface area contributed by atoms with Gasteiger partial charge in [0.05, 0.1) is 19.3 Å². The summed E-state index contributed by atoms with van der Waals surface area (Å²) >= 11 is 0. The summed E-state index contributed by atoms with van der Waals surface area (Å²) in [5.41, 5.74) is 5.35. The monoisotopic (exact) mass is 476 g/mol. The molecule has 1 aliphatic heterocycles. The van der Waals surface area contributed by atoms with E-state index in [0.717, 1.165) is 24.9 Å². The zero-order valence-electron chi connectivity index (χ0n) is 22.4. The lowest BCUT2D eigenvalue weighted by molar-refractivity contribution is -0.137. The molecule has 2 fully saturated rings. The first-order valence-corrected chi connectivity index (χ1v) is 14.7. The van der Waals surface area contributed by atoms with E-state index < -0.39 is 0 Å². The van der Waals surface area contributed by atoms with Gasteiger partial charge in [-0.1, -0.05) is 114 Å². The molecule has 0 spiro atoms. The van der Waals surface area contributed by atoms with Crippen LogP contribution < -0.4 is 0 Å². The minimum Gasteiger partial charge on any atom is -0.373 e. The second kappa shape index (κ2) is 14.2. The normalized spacial score (nSPS) is 25.0. The van der Waals surface area contributed by atoms with Gasteiger partial charge >= 0.3 is 0 Å². The van der Waals surface area contributed by atoms with Gasteiger partial charge in [-0.15, -0.1) is 0 Å². The van der Waals surface area contributed by atoms with Crippen molar-refractivity contribution in [3.8, 4) is 11.1 Å². The van der Waals surface area contributed by atoms with Crippen molar-refractivity contribution in [3.63, 3.8) is 0 Å². The molecule has 1 aliphatic carbocycles. The molecule has 2 aliphatic rings. The van der Waals surface area contributed by atoms with Crippen molar-refractivity contribution in [2.24, 2.45) is 5.92 Å². The van der Waals surface area contributed by atoms with Crippen molar-refractivity contribution in [2.75, 3.05) is 13.2 Å². The molecule has 0 N–H and O–H groups in total. The molecule has 2 atom stereocenters. The molecule has 2 heteroatoms. The molecule has 35 heavy (non-hydrogen) atoms. The van der Waals surface area contributed by atoms with Gasteiger partial charge in [-0.25, -0.2) is 0 Å². The Balaban J connectivity index is 1.23. The van der Waals surface area contributed by atoms with E-state index in [1.807, 2.05) is 0 Å². The highest BCUT2D eigenvalue weighted by molar-refractivity contribution is 5.64. The lowest BCUT2D eigenvalue weighted by Gasteiger charge is -2.30. The van der Waals surface area contributed by atoms with E-state index in [1.165, 1.54) is 99.3 Å². The molecular weight excluding hydrogens is 428 g/mol. The lowest BCUT2D eigenvalue weighted by Crippen LogP contribution is -2.31. The second-order valence-electron chi connectivity index (χ2n) is 11.1.